The molecule has 1 N–H and O–H groups in total. The number of amides is 1. The van der Waals surface area contributed by atoms with E-state index >= 15 is 0 Å². The molecular formula is C19H23BrN2O3S. The van der Waals surface area contributed by atoms with Crippen LogP contribution in [-0.4, -0.2) is 27.1 Å². The summed E-state index contributed by atoms with van der Waals surface area (Å²) in [5, 5.41) is 2.93. The summed E-state index contributed by atoms with van der Waals surface area (Å²) in [6.45, 7) is 3.72. The van der Waals surface area contributed by atoms with Crippen LogP contribution in [0.2, 0.25) is 0 Å². The number of sulfonamides is 1. The molecule has 7 heteroatoms. The SMILES string of the molecule is CCC(NC(=O)CN(c1cccc(Br)c1)S(C)(=O)=O)c1ccc(C)cc1. The van der Waals surface area contributed by atoms with Crippen LogP contribution in [0.5, 0.6) is 0 Å². The molecule has 0 radical (unpaired) electrons. The van der Waals surface area contributed by atoms with Crippen LogP contribution in [-0.2, 0) is 14.8 Å². The molecule has 1 amide bonds. The second-order valence-corrected chi connectivity index (χ2v) is 9.01. The van der Waals surface area contributed by atoms with E-state index in [0.717, 1.165) is 26.2 Å². The molecule has 1 unspecified atom stereocenters. The molecule has 2 aromatic rings. The molecule has 0 saturated carbocycles. The molecule has 0 aliphatic carbocycles. The zero-order valence-corrected chi connectivity index (χ0v) is 17.5. The van der Waals surface area contributed by atoms with Gasteiger partial charge in [0.05, 0.1) is 18.0 Å². The molecule has 0 fully saturated rings. The highest BCUT2D eigenvalue weighted by Gasteiger charge is 2.22. The fraction of sp³-hybridized carbons (Fsp3) is 0.316. The van der Waals surface area contributed by atoms with Crippen LogP contribution in [0, 0.1) is 6.92 Å². The van der Waals surface area contributed by atoms with Gasteiger partial charge in [0.15, 0.2) is 0 Å². The van der Waals surface area contributed by atoms with Gasteiger partial charge in [0.1, 0.15) is 6.54 Å². The molecule has 0 spiro atoms. The Balaban J connectivity index is 2.17. The number of rotatable bonds is 7. The third-order valence-electron chi connectivity index (χ3n) is 4.01. The van der Waals surface area contributed by atoms with Gasteiger partial charge in [-0.25, -0.2) is 8.42 Å². The standard InChI is InChI=1S/C19H23BrN2O3S/c1-4-18(15-10-8-14(2)9-11-15)21-19(23)13-22(26(3,24)25)17-7-5-6-16(20)12-17/h5-12,18H,4,13H2,1-3H3,(H,21,23). The fourth-order valence-electron chi connectivity index (χ4n) is 2.62. The monoisotopic (exact) mass is 438 g/mol. The summed E-state index contributed by atoms with van der Waals surface area (Å²) in [4.78, 5) is 12.5. The lowest BCUT2D eigenvalue weighted by Gasteiger charge is -2.24. The number of anilines is 1. The summed E-state index contributed by atoms with van der Waals surface area (Å²) in [5.41, 5.74) is 2.59. The predicted molar refractivity (Wildman–Crippen MR) is 109 cm³/mol. The average molecular weight is 439 g/mol. The molecule has 0 aromatic heterocycles. The highest BCUT2D eigenvalue weighted by Crippen LogP contribution is 2.22. The Morgan fingerprint density at radius 3 is 2.38 bits per heavy atom. The zero-order valence-electron chi connectivity index (χ0n) is 15.1. The van der Waals surface area contributed by atoms with Gasteiger partial charge in [-0.1, -0.05) is 58.7 Å². The number of halogens is 1. The largest absolute Gasteiger partial charge is 0.348 e. The van der Waals surface area contributed by atoms with E-state index in [2.05, 4.69) is 21.2 Å². The van der Waals surface area contributed by atoms with Gasteiger partial charge in [-0.3, -0.25) is 9.10 Å². The Morgan fingerprint density at radius 2 is 1.85 bits per heavy atom. The molecule has 5 nitrogen and oxygen atoms in total. The van der Waals surface area contributed by atoms with E-state index < -0.39 is 10.0 Å². The maximum atomic E-state index is 12.5. The van der Waals surface area contributed by atoms with E-state index in [-0.39, 0.29) is 18.5 Å². The molecule has 26 heavy (non-hydrogen) atoms. The Kier molecular flexibility index (Phi) is 6.83. The first-order valence-corrected chi connectivity index (χ1v) is 10.9. The van der Waals surface area contributed by atoms with Gasteiger partial charge >= 0.3 is 0 Å². The highest BCUT2D eigenvalue weighted by atomic mass is 79.9. The van der Waals surface area contributed by atoms with Crippen LogP contribution < -0.4 is 9.62 Å². The van der Waals surface area contributed by atoms with E-state index in [1.165, 1.54) is 0 Å². The van der Waals surface area contributed by atoms with Crippen molar-refractivity contribution in [1.82, 2.24) is 5.32 Å². The third-order valence-corrected chi connectivity index (χ3v) is 5.64. The zero-order chi connectivity index (χ0) is 19.3. The lowest BCUT2D eigenvalue weighted by atomic mass is 10.0. The minimum absolute atomic E-state index is 0.160. The number of nitrogens with one attached hydrogen (secondary N) is 1. The first-order valence-electron chi connectivity index (χ1n) is 8.30. The number of hydrogen-bond acceptors (Lipinski definition) is 3. The first kappa shape index (κ1) is 20.5. The van der Waals surface area contributed by atoms with Crippen LogP contribution >= 0.6 is 15.9 Å². The molecule has 2 rings (SSSR count). The van der Waals surface area contributed by atoms with Crippen molar-refractivity contribution in [3.63, 3.8) is 0 Å². The van der Waals surface area contributed by atoms with Gasteiger partial charge in [0.2, 0.25) is 15.9 Å². The smallest absolute Gasteiger partial charge is 0.241 e. The van der Waals surface area contributed by atoms with Gasteiger partial charge in [-0.2, -0.15) is 0 Å². The second-order valence-electron chi connectivity index (χ2n) is 6.19. The number of carbonyl (C=O) groups excluding carboxylic acids is 1. The van der Waals surface area contributed by atoms with Crippen molar-refractivity contribution in [3.8, 4) is 0 Å². The van der Waals surface area contributed by atoms with Crippen LogP contribution in [0.15, 0.2) is 53.0 Å². The average Bonchev–Trinajstić information content (AvgIpc) is 2.57. The van der Waals surface area contributed by atoms with Gasteiger partial charge in [0.25, 0.3) is 0 Å². The van der Waals surface area contributed by atoms with Crippen LogP contribution in [0.4, 0.5) is 5.69 Å². The van der Waals surface area contributed by atoms with Gasteiger partial charge in [0, 0.05) is 4.47 Å². The summed E-state index contributed by atoms with van der Waals surface area (Å²) in [7, 11) is -3.59. The number of hydrogen-bond donors (Lipinski definition) is 1. The maximum absolute atomic E-state index is 12.5. The minimum atomic E-state index is -3.59. The van der Waals surface area contributed by atoms with Crippen molar-refractivity contribution in [1.29, 1.82) is 0 Å². The molecule has 140 valence electrons. The number of carbonyl (C=O) groups is 1. The van der Waals surface area contributed by atoms with Gasteiger partial charge in [-0.05, 0) is 37.1 Å². The van der Waals surface area contributed by atoms with E-state index in [9.17, 15) is 13.2 Å². The maximum Gasteiger partial charge on any atom is 0.241 e. The highest BCUT2D eigenvalue weighted by molar-refractivity contribution is 9.10. The van der Waals surface area contributed by atoms with E-state index in [4.69, 9.17) is 0 Å². The van der Waals surface area contributed by atoms with Crippen molar-refractivity contribution in [2.75, 3.05) is 17.1 Å². The van der Waals surface area contributed by atoms with E-state index in [1.54, 1.807) is 24.3 Å². The predicted octanol–water partition coefficient (Wildman–Crippen LogP) is 3.79. The quantitative estimate of drug-likeness (QED) is 0.714. The molecule has 0 aliphatic heterocycles. The minimum Gasteiger partial charge on any atom is -0.348 e. The molecule has 0 aliphatic rings. The molecule has 0 bridgehead atoms. The molecule has 1 atom stereocenters. The van der Waals surface area contributed by atoms with Crippen molar-refractivity contribution in [2.24, 2.45) is 0 Å². The number of aryl methyl sites for hydroxylation is 1. The molecular weight excluding hydrogens is 416 g/mol. The lowest BCUT2D eigenvalue weighted by Crippen LogP contribution is -2.41. The van der Waals surface area contributed by atoms with Gasteiger partial charge < -0.3 is 5.32 Å². The van der Waals surface area contributed by atoms with Crippen molar-refractivity contribution in [3.05, 3.63) is 64.1 Å². The fourth-order valence-corrected chi connectivity index (χ4v) is 3.86. The number of nitrogens with zero attached hydrogens (tertiary/aromatic N) is 1. The second kappa shape index (κ2) is 8.68. The van der Waals surface area contributed by atoms with Crippen LogP contribution in [0.25, 0.3) is 0 Å². The first-order chi connectivity index (χ1) is 12.2. The molecule has 0 heterocycles. The van der Waals surface area contributed by atoms with Crippen LogP contribution in [0.1, 0.15) is 30.5 Å². The summed E-state index contributed by atoms with van der Waals surface area (Å²) >= 11 is 3.33. The lowest BCUT2D eigenvalue weighted by molar-refractivity contribution is -0.120. The number of benzene rings is 2. The summed E-state index contributed by atoms with van der Waals surface area (Å²) in [6.07, 6.45) is 1.81. The van der Waals surface area contributed by atoms with Crippen molar-refractivity contribution >= 4 is 37.5 Å². The van der Waals surface area contributed by atoms with E-state index in [1.807, 2.05) is 38.1 Å². The summed E-state index contributed by atoms with van der Waals surface area (Å²) < 4.78 is 26.2. The van der Waals surface area contributed by atoms with Crippen molar-refractivity contribution < 1.29 is 13.2 Å². The van der Waals surface area contributed by atoms with Gasteiger partial charge in [-0.15, -0.1) is 0 Å². The Morgan fingerprint density at radius 1 is 1.19 bits per heavy atom. The topological polar surface area (TPSA) is 66.5 Å². The summed E-state index contributed by atoms with van der Waals surface area (Å²) in [5.74, 6) is -0.345. The summed E-state index contributed by atoms with van der Waals surface area (Å²) in [6, 6.07) is 14.7. The van der Waals surface area contributed by atoms with Crippen LogP contribution in [0.3, 0.4) is 0 Å². The Hall–Kier alpha value is -1.86. The van der Waals surface area contributed by atoms with Crippen molar-refractivity contribution in [2.45, 2.75) is 26.3 Å². The normalized spacial score (nSPS) is 12.5. The Bertz CT molecular complexity index is 867. The third kappa shape index (κ3) is 5.57. The Labute approximate surface area is 163 Å². The van der Waals surface area contributed by atoms with E-state index in [0.29, 0.717) is 12.1 Å². The molecule has 2 aromatic carbocycles. The molecule has 0 saturated heterocycles.